The van der Waals surface area contributed by atoms with Crippen LogP contribution in [0.3, 0.4) is 0 Å². The van der Waals surface area contributed by atoms with Gasteiger partial charge < -0.3 is 10.6 Å². The van der Waals surface area contributed by atoms with E-state index in [1.165, 1.54) is 6.08 Å². The van der Waals surface area contributed by atoms with Crippen LogP contribution in [0.25, 0.3) is 6.08 Å². The Bertz CT molecular complexity index is 742. The molecule has 2 aromatic carbocycles. The molecule has 0 fully saturated rings. The van der Waals surface area contributed by atoms with Crippen LogP contribution in [0.4, 0.5) is 5.69 Å². The first-order valence-corrected chi connectivity index (χ1v) is 8.41. The summed E-state index contributed by atoms with van der Waals surface area (Å²) in [7, 11) is 0. The molecule has 0 aliphatic carbocycles. The molecule has 24 heavy (non-hydrogen) atoms. The van der Waals surface area contributed by atoms with Crippen molar-refractivity contribution in [1.82, 2.24) is 5.32 Å². The van der Waals surface area contributed by atoms with E-state index < -0.39 is 0 Å². The number of amides is 2. The van der Waals surface area contributed by atoms with Crippen molar-refractivity contribution in [3.63, 3.8) is 0 Å². The highest BCUT2D eigenvalue weighted by molar-refractivity contribution is 9.10. The topological polar surface area (TPSA) is 58.2 Å². The fraction of sp³-hybridized carbons (Fsp3) is 0.158. The number of aryl methyl sites for hydroxylation is 1. The molecule has 0 aliphatic heterocycles. The molecule has 0 saturated carbocycles. The van der Waals surface area contributed by atoms with Gasteiger partial charge in [-0.3, -0.25) is 9.59 Å². The van der Waals surface area contributed by atoms with Gasteiger partial charge in [0.15, 0.2) is 0 Å². The lowest BCUT2D eigenvalue weighted by Gasteiger charge is -2.09. The Kier molecular flexibility index (Phi) is 6.75. The minimum Gasteiger partial charge on any atom is -0.352 e. The molecule has 0 aliphatic rings. The zero-order chi connectivity index (χ0) is 17.4. The Morgan fingerprint density at radius 1 is 1.12 bits per heavy atom. The summed E-state index contributed by atoms with van der Waals surface area (Å²) in [6.07, 6.45) is 3.42. The molecule has 2 N–H and O–H groups in total. The normalized spacial score (nSPS) is 10.6. The Hall–Kier alpha value is -2.40. The Balaban J connectivity index is 1.75. The summed E-state index contributed by atoms with van der Waals surface area (Å²) in [5, 5.41) is 5.54. The van der Waals surface area contributed by atoms with Crippen LogP contribution in [0.1, 0.15) is 17.5 Å². The second kappa shape index (κ2) is 9.03. The average Bonchev–Trinajstić information content (AvgIpc) is 2.57. The fourth-order valence-corrected chi connectivity index (χ4v) is 2.40. The SMILES string of the molecule is Cc1ccc(Br)cc1NC(=O)CCNC(=O)C=Cc1ccccc1. The van der Waals surface area contributed by atoms with Crippen LogP contribution < -0.4 is 10.6 Å². The summed E-state index contributed by atoms with van der Waals surface area (Å²) in [5.41, 5.74) is 2.71. The number of anilines is 1. The summed E-state index contributed by atoms with van der Waals surface area (Å²) >= 11 is 3.38. The lowest BCUT2D eigenvalue weighted by Crippen LogP contribution is -2.26. The Labute approximate surface area is 150 Å². The van der Waals surface area contributed by atoms with Crippen LogP contribution >= 0.6 is 15.9 Å². The molecule has 5 heteroatoms. The van der Waals surface area contributed by atoms with Crippen LogP contribution in [0.15, 0.2) is 59.1 Å². The molecule has 124 valence electrons. The van der Waals surface area contributed by atoms with Crippen molar-refractivity contribution in [2.75, 3.05) is 11.9 Å². The number of carbonyl (C=O) groups is 2. The van der Waals surface area contributed by atoms with E-state index in [1.54, 1.807) is 6.08 Å². The largest absolute Gasteiger partial charge is 0.352 e. The van der Waals surface area contributed by atoms with E-state index in [0.29, 0.717) is 0 Å². The average molecular weight is 387 g/mol. The van der Waals surface area contributed by atoms with Gasteiger partial charge in [-0.1, -0.05) is 52.3 Å². The van der Waals surface area contributed by atoms with Gasteiger partial charge in [0.25, 0.3) is 0 Å². The first kappa shape index (κ1) is 17.9. The smallest absolute Gasteiger partial charge is 0.244 e. The van der Waals surface area contributed by atoms with Crippen molar-refractivity contribution < 1.29 is 9.59 Å². The maximum atomic E-state index is 11.9. The van der Waals surface area contributed by atoms with Gasteiger partial charge in [0, 0.05) is 29.2 Å². The van der Waals surface area contributed by atoms with Crippen molar-refractivity contribution in [3.05, 3.63) is 70.2 Å². The Morgan fingerprint density at radius 3 is 2.62 bits per heavy atom. The van der Waals surface area contributed by atoms with Crippen molar-refractivity contribution in [1.29, 1.82) is 0 Å². The van der Waals surface area contributed by atoms with Crippen molar-refractivity contribution >= 4 is 39.5 Å². The summed E-state index contributed by atoms with van der Waals surface area (Å²) < 4.78 is 0.905. The molecule has 0 spiro atoms. The number of benzene rings is 2. The van der Waals surface area contributed by atoms with E-state index in [2.05, 4.69) is 26.6 Å². The third kappa shape index (κ3) is 6.01. The highest BCUT2D eigenvalue weighted by atomic mass is 79.9. The molecule has 0 unspecified atom stereocenters. The summed E-state index contributed by atoms with van der Waals surface area (Å²) in [6, 6.07) is 15.3. The molecule has 2 aromatic rings. The molecule has 0 saturated heterocycles. The zero-order valence-electron chi connectivity index (χ0n) is 13.4. The van der Waals surface area contributed by atoms with Gasteiger partial charge in [0.2, 0.25) is 11.8 Å². The minimum atomic E-state index is -0.217. The van der Waals surface area contributed by atoms with Crippen LogP contribution in [0, 0.1) is 6.92 Å². The van der Waals surface area contributed by atoms with Crippen LogP contribution in [-0.4, -0.2) is 18.4 Å². The predicted octanol–water partition coefficient (Wildman–Crippen LogP) is 3.92. The van der Waals surface area contributed by atoms with E-state index >= 15 is 0 Å². The highest BCUT2D eigenvalue weighted by Gasteiger charge is 2.06. The zero-order valence-corrected chi connectivity index (χ0v) is 15.0. The number of hydrogen-bond donors (Lipinski definition) is 2. The molecule has 2 rings (SSSR count). The maximum absolute atomic E-state index is 11.9. The van der Waals surface area contributed by atoms with Gasteiger partial charge >= 0.3 is 0 Å². The maximum Gasteiger partial charge on any atom is 0.244 e. The van der Waals surface area contributed by atoms with Gasteiger partial charge in [-0.25, -0.2) is 0 Å². The first-order chi connectivity index (χ1) is 11.5. The fourth-order valence-electron chi connectivity index (χ4n) is 2.04. The molecular weight excluding hydrogens is 368 g/mol. The second-order valence-electron chi connectivity index (χ2n) is 5.29. The van der Waals surface area contributed by atoms with Crippen molar-refractivity contribution in [2.45, 2.75) is 13.3 Å². The number of carbonyl (C=O) groups excluding carboxylic acids is 2. The standard InChI is InChI=1S/C19H19BrN2O2/c1-14-7-9-16(20)13-17(14)22-19(24)11-12-21-18(23)10-8-15-5-3-2-4-6-15/h2-10,13H,11-12H2,1H3,(H,21,23)(H,22,24). The summed E-state index contributed by atoms with van der Waals surface area (Å²) in [5.74, 6) is -0.353. The number of halogens is 1. The number of rotatable bonds is 6. The van der Waals surface area contributed by atoms with E-state index in [4.69, 9.17) is 0 Å². The van der Waals surface area contributed by atoms with Crippen LogP contribution in [-0.2, 0) is 9.59 Å². The van der Waals surface area contributed by atoms with E-state index in [9.17, 15) is 9.59 Å². The third-order valence-electron chi connectivity index (χ3n) is 3.35. The third-order valence-corrected chi connectivity index (χ3v) is 3.84. The van der Waals surface area contributed by atoms with Gasteiger partial charge in [0.05, 0.1) is 0 Å². The van der Waals surface area contributed by atoms with Gasteiger partial charge in [-0.15, -0.1) is 0 Å². The van der Waals surface area contributed by atoms with Gasteiger partial charge in [0.1, 0.15) is 0 Å². The Morgan fingerprint density at radius 2 is 1.88 bits per heavy atom. The molecule has 0 aromatic heterocycles. The van der Waals surface area contributed by atoms with E-state index in [1.807, 2.05) is 55.5 Å². The molecule has 4 nitrogen and oxygen atoms in total. The summed E-state index contributed by atoms with van der Waals surface area (Å²) in [4.78, 5) is 23.7. The molecular formula is C19H19BrN2O2. The highest BCUT2D eigenvalue weighted by Crippen LogP contribution is 2.20. The molecule has 0 bridgehead atoms. The van der Waals surface area contributed by atoms with Gasteiger partial charge in [-0.2, -0.15) is 0 Å². The second-order valence-corrected chi connectivity index (χ2v) is 6.21. The quantitative estimate of drug-likeness (QED) is 0.739. The monoisotopic (exact) mass is 386 g/mol. The molecule has 2 amide bonds. The predicted molar refractivity (Wildman–Crippen MR) is 101 cm³/mol. The number of hydrogen-bond acceptors (Lipinski definition) is 2. The minimum absolute atomic E-state index is 0.136. The molecule has 0 radical (unpaired) electrons. The van der Waals surface area contributed by atoms with Crippen molar-refractivity contribution in [2.24, 2.45) is 0 Å². The summed E-state index contributed by atoms with van der Waals surface area (Å²) in [6.45, 7) is 2.22. The first-order valence-electron chi connectivity index (χ1n) is 7.61. The lowest BCUT2D eigenvalue weighted by molar-refractivity contribution is -0.117. The molecule has 0 atom stereocenters. The molecule has 0 heterocycles. The van der Waals surface area contributed by atoms with Gasteiger partial charge in [-0.05, 0) is 36.3 Å². The lowest BCUT2D eigenvalue weighted by atomic mass is 10.2. The number of nitrogens with one attached hydrogen (secondary N) is 2. The van der Waals surface area contributed by atoms with E-state index in [0.717, 1.165) is 21.3 Å². The van der Waals surface area contributed by atoms with E-state index in [-0.39, 0.29) is 24.8 Å². The van der Waals surface area contributed by atoms with Crippen LogP contribution in [0.5, 0.6) is 0 Å². The van der Waals surface area contributed by atoms with Crippen molar-refractivity contribution in [3.8, 4) is 0 Å². The van der Waals surface area contributed by atoms with Crippen LogP contribution in [0.2, 0.25) is 0 Å².